The van der Waals surface area contributed by atoms with Crippen molar-refractivity contribution < 1.29 is 9.47 Å². The molecule has 0 spiro atoms. The van der Waals surface area contributed by atoms with Crippen LogP contribution >= 0.6 is 0 Å². The van der Waals surface area contributed by atoms with Crippen molar-refractivity contribution in [2.45, 2.75) is 0 Å². The van der Waals surface area contributed by atoms with Crippen LogP contribution in [-0.4, -0.2) is 20.7 Å². The molecule has 7 heteroatoms. The summed E-state index contributed by atoms with van der Waals surface area (Å²) in [6.07, 6.45) is 0. The number of ether oxygens (including phenoxy) is 2. The fourth-order valence-electron chi connectivity index (χ4n) is 7.07. The lowest BCUT2D eigenvalue weighted by Crippen LogP contribution is -2.06. The van der Waals surface area contributed by atoms with Gasteiger partial charge in [0.1, 0.15) is 0 Å². The van der Waals surface area contributed by atoms with Crippen molar-refractivity contribution in [3.63, 3.8) is 0 Å². The van der Waals surface area contributed by atoms with Crippen LogP contribution in [0.3, 0.4) is 0 Å². The van der Waals surface area contributed by atoms with E-state index in [1.54, 1.807) is 0 Å². The Bertz CT molecular complexity index is 2890. The second-order valence-corrected chi connectivity index (χ2v) is 13.8. The first kappa shape index (κ1) is 33.7. The molecule has 2 heterocycles. The van der Waals surface area contributed by atoms with Crippen LogP contribution in [0.1, 0.15) is 11.1 Å². The Balaban J connectivity index is 0.964. The Morgan fingerprint density at radius 3 is 1.54 bits per heavy atom. The largest absolute Gasteiger partial charge is 0.450 e. The number of nitrogens with zero attached hydrogens (tertiary/aromatic N) is 3. The van der Waals surface area contributed by atoms with E-state index in [0.29, 0.717) is 46.2 Å². The predicted molar refractivity (Wildman–Crippen MR) is 228 cm³/mol. The van der Waals surface area contributed by atoms with Crippen LogP contribution in [0.5, 0.6) is 23.0 Å². The van der Waals surface area contributed by atoms with Crippen molar-refractivity contribution in [3.8, 4) is 68.3 Å². The van der Waals surface area contributed by atoms with Crippen LogP contribution in [0.4, 0.5) is 11.4 Å². The standard InChI is InChI=1S/C50H33N5O2/c51-47(41-28-35-17-10-11-18-36(35)29-42(41)52-40-21-8-3-9-22-40)38-20-12-19-34(27-38)37-23-25-43-45(30-37)57-46-31-39(24-26-44(46)56-43)50-54-48(32-13-4-1-5-14-32)53-49(55-50)33-15-6-2-7-16-33/h1-31,51-52H. The van der Waals surface area contributed by atoms with E-state index in [2.05, 4.69) is 35.6 Å². The molecular formula is C50H33N5O2. The first-order chi connectivity index (χ1) is 28.1. The normalized spacial score (nSPS) is 11.5. The molecule has 0 radical (unpaired) electrons. The smallest absolute Gasteiger partial charge is 0.170 e. The Hall–Kier alpha value is -7.90. The van der Waals surface area contributed by atoms with E-state index in [9.17, 15) is 5.41 Å². The number of para-hydroxylation sites is 1. The summed E-state index contributed by atoms with van der Waals surface area (Å²) in [4.78, 5) is 14.6. The van der Waals surface area contributed by atoms with E-state index in [1.165, 1.54) is 0 Å². The number of aromatic nitrogens is 3. The minimum absolute atomic E-state index is 0.421. The number of benzene rings is 8. The van der Waals surface area contributed by atoms with E-state index in [1.807, 2.05) is 158 Å². The highest BCUT2D eigenvalue weighted by Crippen LogP contribution is 2.48. The third-order valence-corrected chi connectivity index (χ3v) is 9.98. The molecule has 0 fully saturated rings. The number of nitrogens with one attached hydrogen (secondary N) is 2. The molecule has 0 unspecified atom stereocenters. The average Bonchev–Trinajstić information content (AvgIpc) is 3.28. The molecule has 270 valence electrons. The summed E-state index contributed by atoms with van der Waals surface area (Å²) in [6.45, 7) is 0. The molecule has 0 saturated carbocycles. The maximum Gasteiger partial charge on any atom is 0.170 e. The summed E-state index contributed by atoms with van der Waals surface area (Å²) in [5, 5.41) is 15.2. The lowest BCUT2D eigenvalue weighted by atomic mass is 9.94. The van der Waals surface area contributed by atoms with Gasteiger partial charge in [-0.25, -0.2) is 15.0 Å². The molecule has 0 saturated heterocycles. The van der Waals surface area contributed by atoms with Crippen LogP contribution in [0.2, 0.25) is 0 Å². The first-order valence-corrected chi connectivity index (χ1v) is 18.7. The molecular weight excluding hydrogens is 703 g/mol. The van der Waals surface area contributed by atoms with E-state index in [0.717, 1.165) is 61.1 Å². The molecule has 1 aliphatic heterocycles. The van der Waals surface area contributed by atoms with Crippen molar-refractivity contribution in [2.75, 3.05) is 5.32 Å². The van der Waals surface area contributed by atoms with Crippen molar-refractivity contribution in [3.05, 3.63) is 199 Å². The minimum Gasteiger partial charge on any atom is -0.450 e. The van der Waals surface area contributed by atoms with Crippen LogP contribution in [0.15, 0.2) is 188 Å². The summed E-state index contributed by atoms with van der Waals surface area (Å²) in [5.74, 6) is 4.07. The van der Waals surface area contributed by atoms with Crippen molar-refractivity contribution in [2.24, 2.45) is 0 Å². The number of fused-ring (bicyclic) bond motifs is 3. The van der Waals surface area contributed by atoms with Crippen LogP contribution in [0, 0.1) is 5.41 Å². The molecule has 10 rings (SSSR count). The number of anilines is 2. The van der Waals surface area contributed by atoms with Gasteiger partial charge in [0.25, 0.3) is 0 Å². The topological polar surface area (TPSA) is 93.0 Å². The fraction of sp³-hybridized carbons (Fsp3) is 0. The van der Waals surface area contributed by atoms with Crippen LogP contribution in [0.25, 0.3) is 56.1 Å². The molecule has 7 nitrogen and oxygen atoms in total. The van der Waals surface area contributed by atoms with Gasteiger partial charge in [0.15, 0.2) is 40.5 Å². The van der Waals surface area contributed by atoms with E-state index < -0.39 is 0 Å². The third kappa shape index (κ3) is 6.75. The van der Waals surface area contributed by atoms with Gasteiger partial charge in [-0.15, -0.1) is 0 Å². The van der Waals surface area contributed by atoms with Crippen molar-refractivity contribution in [1.82, 2.24) is 15.0 Å². The molecule has 0 amide bonds. The Kier molecular flexibility index (Phi) is 8.50. The Morgan fingerprint density at radius 1 is 0.404 bits per heavy atom. The van der Waals surface area contributed by atoms with Crippen LogP contribution in [-0.2, 0) is 0 Å². The van der Waals surface area contributed by atoms with Crippen molar-refractivity contribution in [1.29, 1.82) is 5.41 Å². The van der Waals surface area contributed by atoms with E-state index in [4.69, 9.17) is 24.4 Å². The predicted octanol–water partition coefficient (Wildman–Crippen LogP) is 12.8. The summed E-state index contributed by atoms with van der Waals surface area (Å²) in [5.41, 5.74) is 8.33. The second-order valence-electron chi connectivity index (χ2n) is 13.8. The van der Waals surface area contributed by atoms with Gasteiger partial charge in [-0.1, -0.05) is 127 Å². The molecule has 1 aromatic heterocycles. The average molecular weight is 736 g/mol. The molecule has 1 aliphatic rings. The van der Waals surface area contributed by atoms with E-state index in [-0.39, 0.29) is 0 Å². The summed E-state index contributed by atoms with van der Waals surface area (Å²) >= 11 is 0. The zero-order valence-electron chi connectivity index (χ0n) is 30.6. The summed E-state index contributed by atoms with van der Waals surface area (Å²) < 4.78 is 12.9. The van der Waals surface area contributed by atoms with Gasteiger partial charge in [-0.2, -0.15) is 0 Å². The van der Waals surface area contributed by atoms with Gasteiger partial charge < -0.3 is 14.8 Å². The highest BCUT2D eigenvalue weighted by Gasteiger charge is 2.22. The first-order valence-electron chi connectivity index (χ1n) is 18.7. The van der Waals surface area contributed by atoms with Gasteiger partial charge in [0.2, 0.25) is 0 Å². The zero-order valence-corrected chi connectivity index (χ0v) is 30.6. The van der Waals surface area contributed by atoms with Gasteiger partial charge in [-0.3, -0.25) is 5.41 Å². The van der Waals surface area contributed by atoms with Gasteiger partial charge in [0.05, 0.1) is 5.71 Å². The summed E-state index contributed by atoms with van der Waals surface area (Å²) in [7, 11) is 0. The number of hydrogen-bond donors (Lipinski definition) is 2. The highest BCUT2D eigenvalue weighted by atomic mass is 16.6. The Morgan fingerprint density at radius 2 is 0.895 bits per heavy atom. The molecule has 0 bridgehead atoms. The molecule has 9 aromatic rings. The van der Waals surface area contributed by atoms with Crippen molar-refractivity contribution >= 4 is 27.9 Å². The maximum atomic E-state index is 9.46. The van der Waals surface area contributed by atoms with Gasteiger partial charge in [0, 0.05) is 39.2 Å². The third-order valence-electron chi connectivity index (χ3n) is 9.98. The molecule has 0 atom stereocenters. The lowest BCUT2D eigenvalue weighted by Gasteiger charge is -2.22. The highest BCUT2D eigenvalue weighted by molar-refractivity contribution is 6.16. The van der Waals surface area contributed by atoms with Crippen LogP contribution < -0.4 is 14.8 Å². The quantitative estimate of drug-likeness (QED) is 0.151. The molecule has 0 aliphatic carbocycles. The van der Waals surface area contributed by atoms with Gasteiger partial charge >= 0.3 is 0 Å². The van der Waals surface area contributed by atoms with E-state index >= 15 is 0 Å². The second kappa shape index (κ2) is 14.4. The molecule has 57 heavy (non-hydrogen) atoms. The Labute approximate surface area is 329 Å². The summed E-state index contributed by atoms with van der Waals surface area (Å²) in [6, 6.07) is 62.1. The fourth-order valence-corrected chi connectivity index (χ4v) is 7.07. The molecule has 2 N–H and O–H groups in total. The van der Waals surface area contributed by atoms with Gasteiger partial charge in [-0.05, 0) is 82.6 Å². The SMILES string of the molecule is N=C(c1cccc(-c2ccc3c(c2)Oc2cc(-c4nc(-c5ccccc5)nc(-c5ccccc5)n4)ccc2O3)c1)c1cc2ccccc2cc1Nc1ccccc1. The number of hydrogen-bond acceptors (Lipinski definition) is 7. The lowest BCUT2D eigenvalue weighted by molar-refractivity contribution is 0.360. The minimum atomic E-state index is 0.421. The number of rotatable bonds is 8. The molecule has 8 aromatic carbocycles. The zero-order chi connectivity index (χ0) is 38.1. The monoisotopic (exact) mass is 735 g/mol. The maximum absolute atomic E-state index is 9.46.